The number of aromatic nitrogens is 5. The molecule has 0 saturated heterocycles. The van der Waals surface area contributed by atoms with E-state index in [0.717, 1.165) is 44.1 Å². The Hall–Kier alpha value is -3.61. The highest BCUT2D eigenvalue weighted by molar-refractivity contribution is 6.09. The average Bonchev–Trinajstić information content (AvgIpc) is 3.30. The molecule has 0 aliphatic carbocycles. The number of hydrogen-bond acceptors (Lipinski definition) is 5. The highest BCUT2D eigenvalue weighted by Gasteiger charge is 2.12. The highest BCUT2D eigenvalue weighted by atomic mass is 16.5. The predicted molar refractivity (Wildman–Crippen MR) is 97.3 cm³/mol. The number of pyridine rings is 1. The van der Waals surface area contributed by atoms with Crippen LogP contribution in [0.2, 0.25) is 0 Å². The smallest absolute Gasteiger partial charge is 0.159 e. The van der Waals surface area contributed by atoms with Crippen LogP contribution in [-0.4, -0.2) is 32.5 Å². The lowest BCUT2D eigenvalue weighted by molar-refractivity contribution is 0.415. The van der Waals surface area contributed by atoms with Gasteiger partial charge in [-0.15, -0.1) is 0 Å². The number of ether oxygens (including phenoxy) is 1. The minimum Gasteiger partial charge on any atom is -0.497 e. The number of H-pyrrole nitrogens is 2. The van der Waals surface area contributed by atoms with E-state index in [0.29, 0.717) is 5.82 Å². The van der Waals surface area contributed by atoms with Crippen LogP contribution in [0.15, 0.2) is 48.8 Å². The van der Waals surface area contributed by atoms with Crippen molar-refractivity contribution in [1.29, 1.82) is 0 Å². The van der Waals surface area contributed by atoms with Crippen LogP contribution in [-0.2, 0) is 0 Å². The van der Waals surface area contributed by atoms with Crippen LogP contribution >= 0.6 is 0 Å². The Morgan fingerprint density at radius 1 is 1.08 bits per heavy atom. The monoisotopic (exact) mass is 330 g/mol. The van der Waals surface area contributed by atoms with E-state index in [9.17, 15) is 0 Å². The van der Waals surface area contributed by atoms with Crippen molar-refractivity contribution in [2.45, 2.75) is 0 Å². The van der Waals surface area contributed by atoms with Gasteiger partial charge in [-0.05, 0) is 36.4 Å². The Balaban J connectivity index is 1.67. The topological polar surface area (TPSA) is 91.5 Å². The third kappa shape index (κ3) is 2.17. The van der Waals surface area contributed by atoms with Crippen molar-refractivity contribution in [3.05, 3.63) is 48.8 Å². The number of hydrogen-bond donors (Lipinski definition) is 3. The summed E-state index contributed by atoms with van der Waals surface area (Å²) >= 11 is 0. The van der Waals surface area contributed by atoms with Crippen LogP contribution in [0.1, 0.15) is 0 Å². The molecule has 0 atom stereocenters. The molecule has 0 aliphatic heterocycles. The molecule has 3 aromatic heterocycles. The number of rotatable bonds is 3. The van der Waals surface area contributed by atoms with Gasteiger partial charge in [-0.2, -0.15) is 10.2 Å². The second kappa shape index (κ2) is 5.20. The number of nitrogens with one attached hydrogen (secondary N) is 3. The SMILES string of the molecule is COc1ccc2nc(Nc3ccc4[nH]ncc4c3)c3n[nH]cc3c2c1. The second-order valence-electron chi connectivity index (χ2n) is 5.79. The lowest BCUT2D eigenvalue weighted by Gasteiger charge is -2.09. The molecule has 2 aromatic carbocycles. The van der Waals surface area contributed by atoms with E-state index in [-0.39, 0.29) is 0 Å². The fourth-order valence-corrected chi connectivity index (χ4v) is 3.05. The van der Waals surface area contributed by atoms with E-state index in [1.807, 2.05) is 42.6 Å². The largest absolute Gasteiger partial charge is 0.497 e. The summed E-state index contributed by atoms with van der Waals surface area (Å²) in [6, 6.07) is 11.8. The van der Waals surface area contributed by atoms with Crippen molar-refractivity contribution in [1.82, 2.24) is 25.4 Å². The van der Waals surface area contributed by atoms with E-state index in [1.54, 1.807) is 13.3 Å². The van der Waals surface area contributed by atoms with Crippen LogP contribution in [0.3, 0.4) is 0 Å². The van der Waals surface area contributed by atoms with Gasteiger partial charge in [-0.1, -0.05) is 0 Å². The molecule has 7 nitrogen and oxygen atoms in total. The Bertz CT molecular complexity index is 1220. The first-order valence-electron chi connectivity index (χ1n) is 7.83. The second-order valence-corrected chi connectivity index (χ2v) is 5.79. The molecule has 0 bridgehead atoms. The van der Waals surface area contributed by atoms with Gasteiger partial charge in [0.1, 0.15) is 11.3 Å². The summed E-state index contributed by atoms with van der Waals surface area (Å²) in [5.74, 6) is 1.50. The van der Waals surface area contributed by atoms with Crippen LogP contribution in [0, 0.1) is 0 Å². The van der Waals surface area contributed by atoms with Gasteiger partial charge < -0.3 is 10.1 Å². The van der Waals surface area contributed by atoms with Gasteiger partial charge in [0.25, 0.3) is 0 Å². The summed E-state index contributed by atoms with van der Waals surface area (Å²) in [4.78, 5) is 4.74. The summed E-state index contributed by atoms with van der Waals surface area (Å²) in [5, 5.41) is 20.7. The maximum atomic E-state index is 5.32. The van der Waals surface area contributed by atoms with E-state index in [1.165, 1.54) is 0 Å². The molecule has 0 aliphatic rings. The Morgan fingerprint density at radius 2 is 2.04 bits per heavy atom. The van der Waals surface area contributed by atoms with Crippen molar-refractivity contribution in [3.63, 3.8) is 0 Å². The van der Waals surface area contributed by atoms with Crippen LogP contribution in [0.4, 0.5) is 11.5 Å². The first-order chi connectivity index (χ1) is 12.3. The third-order valence-corrected chi connectivity index (χ3v) is 4.29. The maximum absolute atomic E-state index is 5.32. The minimum absolute atomic E-state index is 0.705. The Kier molecular flexibility index (Phi) is 2.87. The zero-order valence-corrected chi connectivity index (χ0v) is 13.4. The number of nitrogens with zero attached hydrogens (tertiary/aromatic N) is 3. The maximum Gasteiger partial charge on any atom is 0.159 e. The van der Waals surface area contributed by atoms with Gasteiger partial charge in [0.2, 0.25) is 0 Å². The third-order valence-electron chi connectivity index (χ3n) is 4.29. The first-order valence-corrected chi connectivity index (χ1v) is 7.83. The normalized spacial score (nSPS) is 11.4. The van der Waals surface area contributed by atoms with Gasteiger partial charge in [0, 0.05) is 28.0 Å². The molecule has 5 aromatic rings. The molecule has 0 saturated carbocycles. The van der Waals surface area contributed by atoms with Crippen molar-refractivity contribution in [3.8, 4) is 5.75 Å². The van der Waals surface area contributed by atoms with E-state index < -0.39 is 0 Å². The highest BCUT2D eigenvalue weighted by Crippen LogP contribution is 2.32. The van der Waals surface area contributed by atoms with Crippen molar-refractivity contribution < 1.29 is 4.74 Å². The van der Waals surface area contributed by atoms with Crippen molar-refractivity contribution in [2.75, 3.05) is 12.4 Å². The van der Waals surface area contributed by atoms with E-state index in [2.05, 4.69) is 25.7 Å². The molecule has 3 N–H and O–H groups in total. The number of anilines is 2. The van der Waals surface area contributed by atoms with Crippen LogP contribution in [0.5, 0.6) is 5.75 Å². The van der Waals surface area contributed by atoms with Crippen molar-refractivity contribution in [2.24, 2.45) is 0 Å². The zero-order chi connectivity index (χ0) is 16.8. The molecule has 122 valence electrons. The summed E-state index contributed by atoms with van der Waals surface area (Å²) in [5.41, 5.74) is 3.59. The molecule has 0 unspecified atom stereocenters. The van der Waals surface area contributed by atoms with E-state index >= 15 is 0 Å². The summed E-state index contributed by atoms with van der Waals surface area (Å²) in [7, 11) is 1.66. The summed E-state index contributed by atoms with van der Waals surface area (Å²) in [6.07, 6.45) is 3.67. The minimum atomic E-state index is 0.705. The number of methoxy groups -OCH3 is 1. The molecular weight excluding hydrogens is 316 g/mol. The molecular formula is C18H14N6O. The van der Waals surface area contributed by atoms with Gasteiger partial charge in [-0.3, -0.25) is 10.2 Å². The quantitative estimate of drug-likeness (QED) is 0.469. The van der Waals surface area contributed by atoms with Gasteiger partial charge >= 0.3 is 0 Å². The van der Waals surface area contributed by atoms with Gasteiger partial charge in [0.15, 0.2) is 5.82 Å². The summed E-state index contributed by atoms with van der Waals surface area (Å²) < 4.78 is 5.32. The molecule has 25 heavy (non-hydrogen) atoms. The van der Waals surface area contributed by atoms with Gasteiger partial charge in [0.05, 0.1) is 24.3 Å². The zero-order valence-electron chi connectivity index (χ0n) is 13.4. The van der Waals surface area contributed by atoms with Crippen LogP contribution in [0.25, 0.3) is 32.7 Å². The first kappa shape index (κ1) is 13.8. The Labute approximate surface area is 142 Å². The lowest BCUT2D eigenvalue weighted by atomic mass is 10.1. The molecule has 0 spiro atoms. The molecule has 5 rings (SSSR count). The molecule has 0 amide bonds. The molecule has 7 heteroatoms. The molecule has 3 heterocycles. The number of benzene rings is 2. The van der Waals surface area contributed by atoms with Gasteiger partial charge in [-0.25, -0.2) is 4.98 Å². The van der Waals surface area contributed by atoms with E-state index in [4.69, 9.17) is 9.72 Å². The molecule has 0 radical (unpaired) electrons. The standard InChI is InChI=1S/C18H14N6O/c1-25-12-3-5-16-13(7-12)14-9-20-24-17(14)18(22-16)21-11-2-4-15-10(6-11)8-19-23-15/h2-9H,1H3,(H,19,23)(H,20,24)(H,21,22). The fourth-order valence-electron chi connectivity index (χ4n) is 3.05. The molecule has 0 fully saturated rings. The Morgan fingerprint density at radius 3 is 2.96 bits per heavy atom. The predicted octanol–water partition coefficient (Wildman–Crippen LogP) is 3.74. The number of fused-ring (bicyclic) bond motifs is 4. The van der Waals surface area contributed by atoms with Crippen LogP contribution < -0.4 is 10.1 Å². The summed E-state index contributed by atoms with van der Waals surface area (Å²) in [6.45, 7) is 0. The lowest BCUT2D eigenvalue weighted by Crippen LogP contribution is -1.96. The fraction of sp³-hybridized carbons (Fsp3) is 0.0556. The van der Waals surface area contributed by atoms with Crippen molar-refractivity contribution >= 4 is 44.2 Å². The number of aromatic amines is 2. The average molecular weight is 330 g/mol.